The molecule has 0 spiro atoms. The molecule has 134 valence electrons. The maximum Gasteiger partial charge on any atom is 0.289 e. The summed E-state index contributed by atoms with van der Waals surface area (Å²) in [6.45, 7) is 4.18. The van der Waals surface area contributed by atoms with Crippen LogP contribution in [0.15, 0.2) is 59.0 Å². The van der Waals surface area contributed by atoms with Gasteiger partial charge in [0.05, 0.1) is 0 Å². The molecule has 4 nitrogen and oxygen atoms in total. The van der Waals surface area contributed by atoms with E-state index in [9.17, 15) is 4.79 Å². The molecule has 1 aliphatic heterocycles. The summed E-state index contributed by atoms with van der Waals surface area (Å²) in [6.07, 6.45) is 0.958. The smallest absolute Gasteiger partial charge is 0.289 e. The number of furan rings is 1. The summed E-state index contributed by atoms with van der Waals surface area (Å²) < 4.78 is 5.74. The fourth-order valence-electron chi connectivity index (χ4n) is 3.42. The summed E-state index contributed by atoms with van der Waals surface area (Å²) in [6, 6.07) is 17.5. The van der Waals surface area contributed by atoms with E-state index in [-0.39, 0.29) is 5.91 Å². The summed E-state index contributed by atoms with van der Waals surface area (Å²) in [5.74, 6) is 0.409. The van der Waals surface area contributed by atoms with Crippen molar-refractivity contribution in [2.75, 3.05) is 26.2 Å². The molecule has 4 rings (SSSR count). The van der Waals surface area contributed by atoms with Gasteiger partial charge in [-0.15, -0.1) is 0 Å². The second-order valence-corrected chi connectivity index (χ2v) is 7.13. The lowest BCUT2D eigenvalue weighted by atomic mass is 10.2. The van der Waals surface area contributed by atoms with E-state index in [1.807, 2.05) is 47.4 Å². The van der Waals surface area contributed by atoms with Crippen LogP contribution in [0.2, 0.25) is 5.02 Å². The highest BCUT2D eigenvalue weighted by Crippen LogP contribution is 2.21. The van der Waals surface area contributed by atoms with Gasteiger partial charge in [0.2, 0.25) is 0 Å². The van der Waals surface area contributed by atoms with E-state index in [0.29, 0.717) is 12.3 Å². The fraction of sp³-hybridized carbons (Fsp3) is 0.286. The highest BCUT2D eigenvalue weighted by Gasteiger charge is 2.23. The largest absolute Gasteiger partial charge is 0.451 e. The molecule has 26 heavy (non-hydrogen) atoms. The number of carbonyl (C=O) groups is 1. The molecule has 1 amide bonds. The minimum Gasteiger partial charge on any atom is -0.451 e. The molecule has 0 aliphatic carbocycles. The van der Waals surface area contributed by atoms with Gasteiger partial charge in [-0.25, -0.2) is 0 Å². The standard InChI is InChI=1S/C21H21ClN2O2/c22-18-8-6-16(7-9-18)15-23-10-3-11-24(13-12-23)21(25)20-14-17-4-1-2-5-19(17)26-20/h1-2,4-9,14H,3,10-13,15H2. The average molecular weight is 369 g/mol. The molecule has 2 aromatic carbocycles. The number of para-hydroxylation sites is 1. The Kier molecular flexibility index (Phi) is 4.96. The van der Waals surface area contributed by atoms with Gasteiger partial charge >= 0.3 is 0 Å². The molecular formula is C21H21ClN2O2. The van der Waals surface area contributed by atoms with E-state index < -0.39 is 0 Å². The lowest BCUT2D eigenvalue weighted by Gasteiger charge is -2.21. The zero-order valence-corrected chi connectivity index (χ0v) is 15.3. The molecule has 0 unspecified atom stereocenters. The van der Waals surface area contributed by atoms with E-state index in [1.54, 1.807) is 0 Å². The Bertz CT molecular complexity index is 871. The molecule has 1 aromatic heterocycles. The van der Waals surface area contributed by atoms with Gasteiger partial charge in [0, 0.05) is 43.1 Å². The quantitative estimate of drug-likeness (QED) is 0.686. The number of amides is 1. The van der Waals surface area contributed by atoms with Crippen molar-refractivity contribution in [3.63, 3.8) is 0 Å². The molecule has 0 N–H and O–H groups in total. The lowest BCUT2D eigenvalue weighted by molar-refractivity contribution is 0.0731. The van der Waals surface area contributed by atoms with Gasteiger partial charge in [-0.05, 0) is 36.2 Å². The summed E-state index contributed by atoms with van der Waals surface area (Å²) >= 11 is 5.96. The summed E-state index contributed by atoms with van der Waals surface area (Å²) in [5.41, 5.74) is 2.00. The van der Waals surface area contributed by atoms with Crippen LogP contribution in [0.5, 0.6) is 0 Å². The van der Waals surface area contributed by atoms with E-state index in [0.717, 1.165) is 48.6 Å². The van der Waals surface area contributed by atoms with E-state index in [1.165, 1.54) is 5.56 Å². The molecular weight excluding hydrogens is 348 g/mol. The molecule has 1 fully saturated rings. The maximum absolute atomic E-state index is 12.8. The number of fused-ring (bicyclic) bond motifs is 1. The Morgan fingerprint density at radius 2 is 1.81 bits per heavy atom. The van der Waals surface area contributed by atoms with Gasteiger partial charge in [0.15, 0.2) is 5.76 Å². The van der Waals surface area contributed by atoms with Crippen LogP contribution >= 0.6 is 11.6 Å². The zero-order chi connectivity index (χ0) is 17.9. The predicted octanol–water partition coefficient (Wildman–Crippen LogP) is 4.43. The normalized spacial score (nSPS) is 16.0. The Morgan fingerprint density at radius 1 is 1.00 bits per heavy atom. The highest BCUT2D eigenvalue weighted by molar-refractivity contribution is 6.30. The summed E-state index contributed by atoms with van der Waals surface area (Å²) in [5, 5.41) is 1.72. The first kappa shape index (κ1) is 17.1. The van der Waals surface area contributed by atoms with Crippen molar-refractivity contribution >= 4 is 28.5 Å². The number of hydrogen-bond acceptors (Lipinski definition) is 3. The number of nitrogens with zero attached hydrogens (tertiary/aromatic N) is 2. The molecule has 5 heteroatoms. The van der Waals surface area contributed by atoms with Gasteiger partial charge in [0.25, 0.3) is 5.91 Å². The average Bonchev–Trinajstić information content (AvgIpc) is 2.96. The van der Waals surface area contributed by atoms with Gasteiger partial charge in [-0.3, -0.25) is 9.69 Å². The molecule has 0 bridgehead atoms. The predicted molar refractivity (Wildman–Crippen MR) is 103 cm³/mol. The second kappa shape index (κ2) is 7.52. The van der Waals surface area contributed by atoms with Crippen molar-refractivity contribution in [1.29, 1.82) is 0 Å². The van der Waals surface area contributed by atoms with Crippen molar-refractivity contribution in [3.8, 4) is 0 Å². The van der Waals surface area contributed by atoms with Crippen LogP contribution in [0.1, 0.15) is 22.5 Å². The van der Waals surface area contributed by atoms with Crippen LogP contribution in [0.4, 0.5) is 0 Å². The van der Waals surface area contributed by atoms with Gasteiger partial charge in [-0.1, -0.05) is 41.9 Å². The molecule has 1 aliphatic rings. The molecule has 3 aromatic rings. The van der Waals surface area contributed by atoms with E-state index in [2.05, 4.69) is 17.0 Å². The minimum atomic E-state index is -0.0189. The summed E-state index contributed by atoms with van der Waals surface area (Å²) in [7, 11) is 0. The minimum absolute atomic E-state index is 0.0189. The monoisotopic (exact) mass is 368 g/mol. The van der Waals surface area contributed by atoms with Gasteiger partial charge in [0.1, 0.15) is 5.58 Å². The van der Waals surface area contributed by atoms with Crippen molar-refractivity contribution in [1.82, 2.24) is 9.80 Å². The second-order valence-electron chi connectivity index (χ2n) is 6.70. The van der Waals surface area contributed by atoms with Crippen LogP contribution in [-0.4, -0.2) is 41.9 Å². The first-order chi connectivity index (χ1) is 12.7. The van der Waals surface area contributed by atoms with Crippen molar-refractivity contribution in [3.05, 3.63) is 70.9 Å². The Balaban J connectivity index is 1.41. The molecule has 0 radical (unpaired) electrons. The first-order valence-electron chi connectivity index (χ1n) is 8.94. The first-order valence-corrected chi connectivity index (χ1v) is 9.31. The topological polar surface area (TPSA) is 36.7 Å². The SMILES string of the molecule is O=C(c1cc2ccccc2o1)N1CCCN(Cc2ccc(Cl)cc2)CC1. The zero-order valence-electron chi connectivity index (χ0n) is 14.5. The number of rotatable bonds is 3. The van der Waals surface area contributed by atoms with Gasteiger partial charge < -0.3 is 9.32 Å². The van der Waals surface area contributed by atoms with Gasteiger partial charge in [-0.2, -0.15) is 0 Å². The Hall–Kier alpha value is -2.30. The third-order valence-corrected chi connectivity index (χ3v) is 5.08. The number of hydrogen-bond donors (Lipinski definition) is 0. The molecule has 0 atom stereocenters. The summed E-state index contributed by atoms with van der Waals surface area (Å²) in [4.78, 5) is 17.1. The molecule has 1 saturated heterocycles. The van der Waals surface area contributed by atoms with Crippen LogP contribution in [0.25, 0.3) is 11.0 Å². The third-order valence-electron chi connectivity index (χ3n) is 4.83. The Morgan fingerprint density at radius 3 is 2.62 bits per heavy atom. The van der Waals surface area contributed by atoms with Crippen molar-refractivity contribution in [2.24, 2.45) is 0 Å². The number of carbonyl (C=O) groups excluding carboxylic acids is 1. The fourth-order valence-corrected chi connectivity index (χ4v) is 3.55. The van der Waals surface area contributed by atoms with E-state index >= 15 is 0 Å². The van der Waals surface area contributed by atoms with Crippen LogP contribution < -0.4 is 0 Å². The number of benzene rings is 2. The van der Waals surface area contributed by atoms with E-state index in [4.69, 9.17) is 16.0 Å². The maximum atomic E-state index is 12.8. The number of halogens is 1. The van der Waals surface area contributed by atoms with Crippen molar-refractivity contribution < 1.29 is 9.21 Å². The molecule has 0 saturated carbocycles. The third kappa shape index (κ3) is 3.76. The highest BCUT2D eigenvalue weighted by atomic mass is 35.5. The van der Waals surface area contributed by atoms with Crippen LogP contribution in [0, 0.1) is 0 Å². The molecule has 2 heterocycles. The Labute approximate surface area is 157 Å². The van der Waals surface area contributed by atoms with Crippen molar-refractivity contribution in [2.45, 2.75) is 13.0 Å². The lowest BCUT2D eigenvalue weighted by Crippen LogP contribution is -2.34. The van der Waals surface area contributed by atoms with Crippen LogP contribution in [-0.2, 0) is 6.54 Å². The van der Waals surface area contributed by atoms with Crippen LogP contribution in [0.3, 0.4) is 0 Å².